The van der Waals surface area contributed by atoms with E-state index in [1.165, 1.54) is 55.2 Å². The molecule has 10 rings (SSSR count). The molecule has 2 heterocycles. The summed E-state index contributed by atoms with van der Waals surface area (Å²) in [6.07, 6.45) is 6.74. The molecule has 0 amide bonds. The molecular weight excluding hydrogens is 546 g/mol. The van der Waals surface area contributed by atoms with E-state index in [1.807, 2.05) is 24.3 Å². The molecule has 0 saturated carbocycles. The largest absolute Gasteiger partial charge is 0.313 e. The highest BCUT2D eigenvalue weighted by Crippen LogP contribution is 2.52. The summed E-state index contributed by atoms with van der Waals surface area (Å²) in [5.41, 5.74) is 14.5. The van der Waals surface area contributed by atoms with E-state index in [9.17, 15) is 0 Å². The zero-order valence-electron chi connectivity index (χ0n) is 24.5. The molecule has 0 bridgehead atoms. The van der Waals surface area contributed by atoms with Gasteiger partial charge in [-0.05, 0) is 64.6 Å². The number of para-hydroxylation sites is 1. The smallest absolute Gasteiger partial charge is 0.160 e. The maximum Gasteiger partial charge on any atom is 0.160 e. The SMILES string of the molecule is C1=Cc2c(n(-c3cccc(-c4nc(-c5ccccc5)nc5ccccc45)c3)c3ccc4c(c23)-c2cccc3cccc-4c23)CC1. The van der Waals surface area contributed by atoms with E-state index in [1.54, 1.807) is 0 Å². The summed E-state index contributed by atoms with van der Waals surface area (Å²) in [4.78, 5) is 10.1. The molecule has 3 heteroatoms. The van der Waals surface area contributed by atoms with E-state index >= 15 is 0 Å². The van der Waals surface area contributed by atoms with Crippen LogP contribution < -0.4 is 0 Å². The average molecular weight is 574 g/mol. The van der Waals surface area contributed by atoms with Crippen molar-refractivity contribution in [2.24, 2.45) is 0 Å². The summed E-state index contributed by atoms with van der Waals surface area (Å²) in [7, 11) is 0. The monoisotopic (exact) mass is 573 g/mol. The number of nitrogens with zero attached hydrogens (tertiary/aromatic N) is 3. The van der Waals surface area contributed by atoms with Crippen LogP contribution >= 0.6 is 0 Å². The van der Waals surface area contributed by atoms with Crippen molar-refractivity contribution in [1.82, 2.24) is 14.5 Å². The molecule has 0 N–H and O–H groups in total. The number of aromatic nitrogens is 3. The van der Waals surface area contributed by atoms with Crippen molar-refractivity contribution in [3.63, 3.8) is 0 Å². The Labute approximate surface area is 260 Å². The highest BCUT2D eigenvalue weighted by molar-refractivity contribution is 6.22. The highest BCUT2D eigenvalue weighted by atomic mass is 15.0. The van der Waals surface area contributed by atoms with E-state index in [2.05, 4.69) is 120 Å². The Kier molecular flexibility index (Phi) is 5.11. The van der Waals surface area contributed by atoms with Gasteiger partial charge in [0.05, 0.1) is 16.7 Å². The Bertz CT molecular complexity index is 2530. The zero-order chi connectivity index (χ0) is 29.5. The molecule has 2 aliphatic rings. The Morgan fingerprint density at radius 2 is 1.40 bits per heavy atom. The lowest BCUT2D eigenvalue weighted by Gasteiger charge is -2.15. The molecule has 6 aromatic carbocycles. The van der Waals surface area contributed by atoms with Gasteiger partial charge in [0.2, 0.25) is 0 Å². The molecule has 0 atom stereocenters. The van der Waals surface area contributed by atoms with Crippen LogP contribution in [-0.4, -0.2) is 14.5 Å². The lowest BCUT2D eigenvalue weighted by molar-refractivity contribution is 0.888. The van der Waals surface area contributed by atoms with Crippen LogP contribution in [0.3, 0.4) is 0 Å². The van der Waals surface area contributed by atoms with Gasteiger partial charge in [-0.1, -0.05) is 115 Å². The fraction of sp³-hybridized carbons (Fsp3) is 0.0476. The van der Waals surface area contributed by atoms with Gasteiger partial charge in [-0.3, -0.25) is 0 Å². The minimum atomic E-state index is 0.743. The van der Waals surface area contributed by atoms with Gasteiger partial charge in [-0.15, -0.1) is 0 Å². The first-order valence-electron chi connectivity index (χ1n) is 15.7. The summed E-state index contributed by atoms with van der Waals surface area (Å²) in [6, 6.07) is 45.6. The molecule has 0 unspecified atom stereocenters. The molecule has 3 nitrogen and oxygen atoms in total. The van der Waals surface area contributed by atoms with Gasteiger partial charge in [-0.25, -0.2) is 9.97 Å². The standard InChI is InChI=1S/C42H27N3/c1-2-11-27(12-3-1)42-43-35-21-6-4-17-32(35)41(44-42)28-15-8-16-29(25-28)45-36-22-7-5-18-33(36)40-37(45)24-23-31-30-19-9-13-26-14-10-20-34(38(26)30)39(31)40/h1-6,8-21,23-25H,7,22H2. The van der Waals surface area contributed by atoms with Gasteiger partial charge in [0.1, 0.15) is 0 Å². The molecule has 8 aromatic rings. The number of hydrogen-bond acceptors (Lipinski definition) is 2. The van der Waals surface area contributed by atoms with E-state index in [4.69, 9.17) is 9.97 Å². The Morgan fingerprint density at radius 3 is 2.31 bits per heavy atom. The van der Waals surface area contributed by atoms with Crippen LogP contribution in [0.15, 0.2) is 133 Å². The first-order valence-corrected chi connectivity index (χ1v) is 15.7. The van der Waals surface area contributed by atoms with Crippen LogP contribution in [-0.2, 0) is 6.42 Å². The summed E-state index contributed by atoms with van der Waals surface area (Å²) < 4.78 is 2.50. The molecule has 0 spiro atoms. The molecule has 2 aliphatic carbocycles. The van der Waals surface area contributed by atoms with Crippen LogP contribution in [0.1, 0.15) is 17.7 Å². The second kappa shape index (κ2) is 9.35. The van der Waals surface area contributed by atoms with Gasteiger partial charge in [0.25, 0.3) is 0 Å². The van der Waals surface area contributed by atoms with Crippen LogP contribution in [0, 0.1) is 0 Å². The van der Waals surface area contributed by atoms with Crippen molar-refractivity contribution in [2.45, 2.75) is 12.8 Å². The van der Waals surface area contributed by atoms with E-state index < -0.39 is 0 Å². The molecule has 0 radical (unpaired) electrons. The third-order valence-corrected chi connectivity index (χ3v) is 9.58. The number of benzene rings is 6. The van der Waals surface area contributed by atoms with Crippen LogP contribution in [0.4, 0.5) is 0 Å². The number of hydrogen-bond donors (Lipinski definition) is 0. The van der Waals surface area contributed by atoms with Crippen molar-refractivity contribution in [1.29, 1.82) is 0 Å². The molecule has 0 saturated heterocycles. The van der Waals surface area contributed by atoms with Gasteiger partial charge in [0, 0.05) is 44.4 Å². The third kappa shape index (κ3) is 3.52. The number of fused-ring (bicyclic) bond motifs is 8. The maximum absolute atomic E-state index is 5.17. The topological polar surface area (TPSA) is 30.7 Å². The van der Waals surface area contributed by atoms with E-state index in [0.717, 1.165) is 52.1 Å². The first kappa shape index (κ1) is 24.6. The molecular formula is C42H27N3. The summed E-state index contributed by atoms with van der Waals surface area (Å²) >= 11 is 0. The molecule has 210 valence electrons. The Hall–Kier alpha value is -5.80. The lowest BCUT2D eigenvalue weighted by Crippen LogP contribution is -2.03. The maximum atomic E-state index is 5.17. The summed E-state index contributed by atoms with van der Waals surface area (Å²) in [5, 5.41) is 5.08. The molecule has 45 heavy (non-hydrogen) atoms. The first-order chi connectivity index (χ1) is 22.3. The van der Waals surface area contributed by atoms with Crippen molar-refractivity contribution in [3.8, 4) is 50.6 Å². The van der Waals surface area contributed by atoms with Crippen molar-refractivity contribution < 1.29 is 0 Å². The van der Waals surface area contributed by atoms with E-state index in [0.29, 0.717) is 0 Å². The predicted octanol–water partition coefficient (Wildman–Crippen LogP) is 10.7. The van der Waals surface area contributed by atoms with Crippen molar-refractivity contribution >= 4 is 38.7 Å². The summed E-state index contributed by atoms with van der Waals surface area (Å²) in [5.74, 6) is 0.743. The Balaban J connectivity index is 1.22. The summed E-state index contributed by atoms with van der Waals surface area (Å²) in [6.45, 7) is 0. The zero-order valence-corrected chi connectivity index (χ0v) is 24.5. The minimum Gasteiger partial charge on any atom is -0.313 e. The molecule has 2 aromatic heterocycles. The average Bonchev–Trinajstić information content (AvgIpc) is 3.62. The minimum absolute atomic E-state index is 0.743. The third-order valence-electron chi connectivity index (χ3n) is 9.58. The highest BCUT2D eigenvalue weighted by Gasteiger charge is 2.28. The van der Waals surface area contributed by atoms with Gasteiger partial charge in [0.15, 0.2) is 5.82 Å². The quantitative estimate of drug-likeness (QED) is 0.210. The van der Waals surface area contributed by atoms with Crippen LogP contribution in [0.2, 0.25) is 0 Å². The van der Waals surface area contributed by atoms with Crippen LogP contribution in [0.5, 0.6) is 0 Å². The van der Waals surface area contributed by atoms with Gasteiger partial charge in [-0.2, -0.15) is 0 Å². The van der Waals surface area contributed by atoms with Crippen molar-refractivity contribution in [3.05, 3.63) is 145 Å². The number of allylic oxidation sites excluding steroid dienone is 1. The van der Waals surface area contributed by atoms with Gasteiger partial charge < -0.3 is 4.57 Å². The lowest BCUT2D eigenvalue weighted by atomic mass is 9.94. The fourth-order valence-corrected chi connectivity index (χ4v) is 7.69. The molecule has 0 aliphatic heterocycles. The van der Waals surface area contributed by atoms with Crippen molar-refractivity contribution in [2.75, 3.05) is 0 Å². The normalized spacial score (nSPS) is 13.1. The molecule has 0 fully saturated rings. The predicted molar refractivity (Wildman–Crippen MR) is 187 cm³/mol. The van der Waals surface area contributed by atoms with Crippen LogP contribution in [0.25, 0.3) is 89.2 Å². The number of rotatable bonds is 3. The fourth-order valence-electron chi connectivity index (χ4n) is 7.69. The second-order valence-corrected chi connectivity index (χ2v) is 12.1. The second-order valence-electron chi connectivity index (χ2n) is 12.1. The van der Waals surface area contributed by atoms with E-state index in [-0.39, 0.29) is 0 Å². The Morgan fingerprint density at radius 1 is 0.600 bits per heavy atom. The van der Waals surface area contributed by atoms with Gasteiger partial charge >= 0.3 is 0 Å².